The minimum absolute atomic E-state index is 1.06. The first-order chi connectivity index (χ1) is 15.3. The largest absolute Gasteiger partial charge is 0.0689 e. The van der Waals surface area contributed by atoms with Gasteiger partial charge < -0.3 is 0 Å². The maximum absolute atomic E-state index is 3.19. The molecule has 0 spiro atoms. The minimum Gasteiger partial charge on any atom is -0.0689 e. The van der Waals surface area contributed by atoms with Gasteiger partial charge in [-0.15, -0.1) is 0 Å². The number of unbranched alkanes of at least 4 members (excludes halogenated alkanes) is 7. The van der Waals surface area contributed by atoms with E-state index in [2.05, 4.69) is 86.1 Å². The third-order valence-electron chi connectivity index (χ3n) is 5.48. The lowest BCUT2D eigenvalue weighted by molar-refractivity contribution is 0.632. The van der Waals surface area contributed by atoms with Crippen molar-refractivity contribution in [2.75, 3.05) is 0 Å². The van der Waals surface area contributed by atoms with E-state index in [1.807, 2.05) is 12.2 Å². The molecule has 31 heavy (non-hydrogen) atoms. The van der Waals surface area contributed by atoms with Crippen molar-refractivity contribution in [1.82, 2.24) is 0 Å². The highest BCUT2D eigenvalue weighted by molar-refractivity contribution is 5.42. The van der Waals surface area contributed by atoms with Crippen molar-refractivity contribution >= 4 is 0 Å². The number of allylic oxidation sites excluding steroid dienone is 2. The maximum Gasteiger partial charge on any atom is 0.0249 e. The second-order valence-electron chi connectivity index (χ2n) is 8.24. The van der Waals surface area contributed by atoms with Gasteiger partial charge in [0.15, 0.2) is 0 Å². The van der Waals surface area contributed by atoms with Crippen molar-refractivity contribution in [2.24, 2.45) is 0 Å². The summed E-state index contributed by atoms with van der Waals surface area (Å²) < 4.78 is 0. The van der Waals surface area contributed by atoms with E-state index in [0.717, 1.165) is 11.1 Å². The van der Waals surface area contributed by atoms with Gasteiger partial charge in [-0.3, -0.25) is 0 Å². The SMILES string of the molecule is CCCCCCCc1ccc(C#C/C=C/C#Cc2ccc(CCCCCC)cc2)cc1. The molecular formula is C31H38. The highest BCUT2D eigenvalue weighted by Gasteiger charge is 1.95. The van der Waals surface area contributed by atoms with E-state index in [9.17, 15) is 0 Å². The van der Waals surface area contributed by atoms with Gasteiger partial charge in [-0.2, -0.15) is 0 Å². The quantitative estimate of drug-likeness (QED) is 0.258. The molecule has 0 saturated heterocycles. The molecule has 0 bridgehead atoms. The van der Waals surface area contributed by atoms with Crippen molar-refractivity contribution in [3.63, 3.8) is 0 Å². The van der Waals surface area contributed by atoms with Crippen molar-refractivity contribution in [1.29, 1.82) is 0 Å². The lowest BCUT2D eigenvalue weighted by Crippen LogP contribution is -1.86. The molecular weight excluding hydrogens is 372 g/mol. The van der Waals surface area contributed by atoms with Gasteiger partial charge in [-0.1, -0.05) is 107 Å². The smallest absolute Gasteiger partial charge is 0.0249 e. The lowest BCUT2D eigenvalue weighted by atomic mass is 10.0. The molecule has 0 saturated carbocycles. The third kappa shape index (κ3) is 11.3. The molecule has 0 nitrogen and oxygen atoms in total. The second-order valence-corrected chi connectivity index (χ2v) is 8.24. The molecule has 2 aromatic rings. The van der Waals surface area contributed by atoms with Gasteiger partial charge in [0.05, 0.1) is 0 Å². The first kappa shape index (κ1) is 24.6. The number of rotatable bonds is 11. The first-order valence-electron chi connectivity index (χ1n) is 12.2. The molecule has 0 fully saturated rings. The molecule has 0 aliphatic rings. The molecule has 0 heterocycles. The molecule has 2 aromatic carbocycles. The zero-order valence-electron chi connectivity index (χ0n) is 19.6. The Kier molecular flexibility index (Phi) is 12.7. The van der Waals surface area contributed by atoms with Gasteiger partial charge in [0.2, 0.25) is 0 Å². The predicted octanol–water partition coefficient (Wildman–Crippen LogP) is 8.28. The molecule has 0 unspecified atom stereocenters. The highest BCUT2D eigenvalue weighted by atomic mass is 14.0. The van der Waals surface area contributed by atoms with E-state index in [0.29, 0.717) is 0 Å². The minimum atomic E-state index is 1.06. The molecule has 162 valence electrons. The Labute approximate surface area is 191 Å². The molecule has 0 aliphatic heterocycles. The van der Waals surface area contributed by atoms with E-state index in [1.165, 1.54) is 81.8 Å². The summed E-state index contributed by atoms with van der Waals surface area (Å²) in [6.07, 6.45) is 17.9. The lowest BCUT2D eigenvalue weighted by Gasteiger charge is -2.01. The summed E-state index contributed by atoms with van der Waals surface area (Å²) in [5, 5.41) is 0. The molecule has 0 aromatic heterocycles. The summed E-state index contributed by atoms with van der Waals surface area (Å²) in [7, 11) is 0. The predicted molar refractivity (Wildman–Crippen MR) is 136 cm³/mol. The Bertz CT molecular complexity index is 874. The average Bonchev–Trinajstić information content (AvgIpc) is 2.80. The number of aryl methyl sites for hydroxylation is 2. The number of hydrogen-bond donors (Lipinski definition) is 0. The van der Waals surface area contributed by atoms with Crippen LogP contribution in [0.25, 0.3) is 0 Å². The second kappa shape index (κ2) is 16.1. The summed E-state index contributed by atoms with van der Waals surface area (Å²) in [6.45, 7) is 4.51. The zero-order valence-corrected chi connectivity index (χ0v) is 19.6. The van der Waals surface area contributed by atoms with Crippen LogP contribution in [0.3, 0.4) is 0 Å². The summed E-state index contributed by atoms with van der Waals surface area (Å²) in [5.41, 5.74) is 4.93. The summed E-state index contributed by atoms with van der Waals surface area (Å²) in [4.78, 5) is 0. The Balaban J connectivity index is 1.73. The summed E-state index contributed by atoms with van der Waals surface area (Å²) >= 11 is 0. The Morgan fingerprint density at radius 1 is 0.516 bits per heavy atom. The topological polar surface area (TPSA) is 0 Å². The van der Waals surface area contributed by atoms with Crippen LogP contribution in [0, 0.1) is 23.7 Å². The fourth-order valence-corrected chi connectivity index (χ4v) is 3.53. The molecule has 0 aliphatic carbocycles. The van der Waals surface area contributed by atoms with Gasteiger partial charge in [0.1, 0.15) is 0 Å². The van der Waals surface area contributed by atoms with Gasteiger partial charge in [-0.25, -0.2) is 0 Å². The van der Waals surface area contributed by atoms with Crippen LogP contribution >= 0.6 is 0 Å². The number of benzene rings is 2. The van der Waals surface area contributed by atoms with Crippen LogP contribution in [0.4, 0.5) is 0 Å². The van der Waals surface area contributed by atoms with Crippen molar-refractivity contribution in [2.45, 2.75) is 84.5 Å². The normalized spacial score (nSPS) is 10.4. The fourth-order valence-electron chi connectivity index (χ4n) is 3.53. The van der Waals surface area contributed by atoms with Gasteiger partial charge in [0, 0.05) is 11.1 Å². The molecule has 0 heteroatoms. The van der Waals surface area contributed by atoms with Crippen LogP contribution in [-0.2, 0) is 12.8 Å². The van der Waals surface area contributed by atoms with Crippen LogP contribution in [0.15, 0.2) is 60.7 Å². The van der Waals surface area contributed by atoms with E-state index in [-0.39, 0.29) is 0 Å². The molecule has 0 amide bonds. The summed E-state index contributed by atoms with van der Waals surface area (Å²) in [6, 6.07) is 17.3. The fraction of sp³-hybridized carbons (Fsp3) is 0.419. The Morgan fingerprint density at radius 2 is 0.903 bits per heavy atom. The molecule has 0 N–H and O–H groups in total. The van der Waals surface area contributed by atoms with E-state index in [1.54, 1.807) is 0 Å². The maximum atomic E-state index is 3.19. The van der Waals surface area contributed by atoms with E-state index in [4.69, 9.17) is 0 Å². The Hall–Kier alpha value is -2.70. The first-order valence-corrected chi connectivity index (χ1v) is 12.2. The highest BCUT2D eigenvalue weighted by Crippen LogP contribution is 2.11. The van der Waals surface area contributed by atoms with Crippen LogP contribution < -0.4 is 0 Å². The third-order valence-corrected chi connectivity index (χ3v) is 5.48. The molecule has 0 radical (unpaired) electrons. The van der Waals surface area contributed by atoms with Gasteiger partial charge in [0.25, 0.3) is 0 Å². The standard InChI is InChI=1S/C31H38/c1-3-5-7-9-13-17-29-24-26-31(27-25-29)19-15-11-10-14-18-30-22-20-28(21-23-30)16-12-8-6-4-2/h10-11,20-27H,3-9,12-13,16-17H2,1-2H3/b11-10+. The van der Waals surface area contributed by atoms with Crippen LogP contribution in [0.2, 0.25) is 0 Å². The van der Waals surface area contributed by atoms with Crippen LogP contribution in [0.5, 0.6) is 0 Å². The van der Waals surface area contributed by atoms with Gasteiger partial charge in [-0.05, 0) is 73.2 Å². The van der Waals surface area contributed by atoms with Crippen LogP contribution in [0.1, 0.15) is 93.9 Å². The zero-order chi connectivity index (χ0) is 22.0. The van der Waals surface area contributed by atoms with Crippen molar-refractivity contribution in [3.8, 4) is 23.7 Å². The Morgan fingerprint density at radius 3 is 1.32 bits per heavy atom. The summed E-state index contributed by atoms with van der Waals surface area (Å²) in [5.74, 6) is 12.5. The number of hydrogen-bond acceptors (Lipinski definition) is 0. The van der Waals surface area contributed by atoms with Crippen molar-refractivity contribution < 1.29 is 0 Å². The molecule has 0 atom stereocenters. The van der Waals surface area contributed by atoms with Crippen LogP contribution in [-0.4, -0.2) is 0 Å². The average molecular weight is 411 g/mol. The monoisotopic (exact) mass is 410 g/mol. The molecule has 2 rings (SSSR count). The van der Waals surface area contributed by atoms with E-state index < -0.39 is 0 Å². The van der Waals surface area contributed by atoms with Crippen molar-refractivity contribution in [3.05, 3.63) is 82.9 Å². The van der Waals surface area contributed by atoms with E-state index >= 15 is 0 Å². The van der Waals surface area contributed by atoms with Gasteiger partial charge >= 0.3 is 0 Å².